The minimum absolute atomic E-state index is 0. The number of esters is 1. The van der Waals surface area contributed by atoms with Gasteiger partial charge in [0.25, 0.3) is 5.91 Å². The zero-order chi connectivity index (χ0) is 37.6. The fraction of sp³-hybridized carbons (Fsp3) is 0.364. The maximum Gasteiger partial charge on any atom is 0.329 e. The van der Waals surface area contributed by atoms with Gasteiger partial charge in [0.15, 0.2) is 0 Å². The number of nitrogens with zero attached hydrogens (tertiary/aromatic N) is 1. The summed E-state index contributed by atoms with van der Waals surface area (Å²) in [4.78, 5) is 57.9. The predicted molar refractivity (Wildman–Crippen MR) is 224 cm³/mol. The van der Waals surface area contributed by atoms with Crippen molar-refractivity contribution in [3.8, 4) is 5.75 Å². The molecule has 1 saturated heterocycles. The summed E-state index contributed by atoms with van der Waals surface area (Å²) in [6.07, 6.45) is 2.34. The molecule has 0 bridgehead atoms. The van der Waals surface area contributed by atoms with Gasteiger partial charge in [0.05, 0.1) is 24.0 Å². The first kappa shape index (κ1) is 43.0. The number of methoxy groups -OCH3 is 1. The molecule has 55 heavy (non-hydrogen) atoms. The van der Waals surface area contributed by atoms with E-state index in [0.29, 0.717) is 50.1 Å². The zero-order valence-electron chi connectivity index (χ0n) is 32.0. The zero-order valence-corrected chi connectivity index (χ0v) is 34.0. The Morgan fingerprint density at radius 3 is 2.05 bits per heavy atom. The van der Waals surface area contributed by atoms with Crippen molar-refractivity contribution < 1.29 is 28.7 Å². The van der Waals surface area contributed by atoms with Crippen molar-refractivity contribution >= 4 is 50.7 Å². The molecule has 4 aromatic carbocycles. The van der Waals surface area contributed by atoms with Crippen molar-refractivity contribution in [1.82, 2.24) is 15.5 Å². The number of likely N-dealkylation sites (tertiary alicyclic amines) is 1. The summed E-state index contributed by atoms with van der Waals surface area (Å²) in [5, 5.41) is 6.26. The normalized spacial score (nSPS) is 18.6. The van der Waals surface area contributed by atoms with Crippen LogP contribution in [0.25, 0.3) is 0 Å². The lowest BCUT2D eigenvalue weighted by atomic mass is 9.62. The number of ether oxygens (including phenoxy) is 2. The van der Waals surface area contributed by atoms with Gasteiger partial charge in [-0.3, -0.25) is 14.4 Å². The van der Waals surface area contributed by atoms with Crippen LogP contribution >= 0.6 is 27.0 Å². The van der Waals surface area contributed by atoms with E-state index in [1.54, 1.807) is 25.3 Å². The standard InChI is InChI=1S/C44H49N3O6.2H2S/c1-43(2,3)53-41(50)37(29-30-15-7-5-8-16-30)46-42(51)44(31-17-9-6-10-18-31)26-23-34(33-19-11-13-21-36(33)44)40(49)47-27-24-32(25-28-47)45-39(48)35-20-12-14-22-38(35)52-4;;/h5-22,32,34,37H,23-29H2,1-4H3,(H,45,48)(H,46,51);2*1H2/t34-,37-,44+;;/m0../s1. The Kier molecular flexibility index (Phi) is 14.6. The van der Waals surface area contributed by atoms with Gasteiger partial charge in [-0.25, -0.2) is 4.79 Å². The maximum atomic E-state index is 14.9. The minimum Gasteiger partial charge on any atom is -0.496 e. The number of hydrogen-bond acceptors (Lipinski definition) is 6. The molecule has 4 aromatic rings. The lowest BCUT2D eigenvalue weighted by molar-refractivity contribution is -0.159. The van der Waals surface area contributed by atoms with Crippen LogP contribution in [-0.2, 0) is 31.0 Å². The van der Waals surface area contributed by atoms with Gasteiger partial charge in [-0.05, 0) is 80.8 Å². The Bertz CT molecular complexity index is 1930. The van der Waals surface area contributed by atoms with E-state index in [1.165, 1.54) is 0 Å². The van der Waals surface area contributed by atoms with Gasteiger partial charge in [0.2, 0.25) is 11.8 Å². The van der Waals surface area contributed by atoms with E-state index < -0.39 is 28.9 Å². The van der Waals surface area contributed by atoms with Gasteiger partial charge >= 0.3 is 5.97 Å². The van der Waals surface area contributed by atoms with Crippen LogP contribution in [0.4, 0.5) is 0 Å². The molecule has 0 radical (unpaired) electrons. The van der Waals surface area contributed by atoms with Crippen LogP contribution < -0.4 is 15.4 Å². The van der Waals surface area contributed by atoms with E-state index >= 15 is 0 Å². The second-order valence-electron chi connectivity index (χ2n) is 15.0. The molecule has 292 valence electrons. The minimum atomic E-state index is -1.15. The predicted octanol–water partition coefficient (Wildman–Crippen LogP) is 6.57. The first-order chi connectivity index (χ1) is 25.5. The molecule has 3 amide bonds. The highest BCUT2D eigenvalue weighted by Gasteiger charge is 2.50. The lowest BCUT2D eigenvalue weighted by Gasteiger charge is -2.43. The van der Waals surface area contributed by atoms with Crippen LogP contribution in [-0.4, -0.2) is 66.5 Å². The largest absolute Gasteiger partial charge is 0.496 e. The third-order valence-corrected chi connectivity index (χ3v) is 10.3. The average Bonchev–Trinajstić information content (AvgIpc) is 3.17. The van der Waals surface area contributed by atoms with Crippen molar-refractivity contribution in [2.24, 2.45) is 0 Å². The van der Waals surface area contributed by atoms with E-state index in [1.807, 2.05) is 117 Å². The van der Waals surface area contributed by atoms with E-state index in [0.717, 1.165) is 22.3 Å². The number of carbonyl (C=O) groups is 4. The molecular formula is C44H53N3O6S2. The number of benzene rings is 4. The maximum absolute atomic E-state index is 14.9. The third kappa shape index (κ3) is 9.74. The SMILES string of the molecule is COc1ccccc1C(=O)NC1CCN(C(=O)[C@H]2CC[C@@](C(=O)N[C@@H](Cc3ccccc3)C(=O)OC(C)(C)C)(c3ccccc3)c3ccccc32)CC1.S.S. The summed E-state index contributed by atoms with van der Waals surface area (Å²) < 4.78 is 11.2. The molecule has 0 unspecified atom stereocenters. The Morgan fingerprint density at radius 2 is 1.40 bits per heavy atom. The fourth-order valence-corrected chi connectivity index (χ4v) is 7.74. The summed E-state index contributed by atoms with van der Waals surface area (Å²) in [5.41, 5.74) is 1.85. The first-order valence-electron chi connectivity index (χ1n) is 18.5. The summed E-state index contributed by atoms with van der Waals surface area (Å²) in [7, 11) is 1.54. The molecule has 3 atom stereocenters. The molecule has 1 aliphatic heterocycles. The summed E-state index contributed by atoms with van der Waals surface area (Å²) in [6, 6.07) is 33.1. The Balaban J connectivity index is 0.00000336. The molecule has 0 aromatic heterocycles. The molecule has 2 aliphatic rings. The Labute approximate surface area is 338 Å². The van der Waals surface area contributed by atoms with Gasteiger partial charge in [-0.1, -0.05) is 97.1 Å². The van der Waals surface area contributed by atoms with Crippen LogP contribution in [0, 0.1) is 0 Å². The molecule has 9 nitrogen and oxygen atoms in total. The fourth-order valence-electron chi connectivity index (χ4n) is 7.74. The molecule has 0 saturated carbocycles. The van der Waals surface area contributed by atoms with E-state index in [-0.39, 0.29) is 57.2 Å². The summed E-state index contributed by atoms with van der Waals surface area (Å²) in [5.74, 6) is -0.906. The number of amides is 3. The quantitative estimate of drug-likeness (QED) is 0.176. The van der Waals surface area contributed by atoms with Gasteiger partial charge in [-0.15, -0.1) is 0 Å². The second kappa shape index (κ2) is 18.7. The Hall–Kier alpha value is -4.74. The number of fused-ring (bicyclic) bond motifs is 1. The molecule has 1 fully saturated rings. The number of hydrogen-bond donors (Lipinski definition) is 2. The van der Waals surface area contributed by atoms with Crippen molar-refractivity contribution in [2.45, 2.75) is 81.9 Å². The molecule has 0 spiro atoms. The van der Waals surface area contributed by atoms with Crippen molar-refractivity contribution in [3.63, 3.8) is 0 Å². The van der Waals surface area contributed by atoms with Crippen molar-refractivity contribution in [3.05, 3.63) is 137 Å². The third-order valence-electron chi connectivity index (χ3n) is 10.3. The summed E-state index contributed by atoms with van der Waals surface area (Å²) in [6.45, 7) is 6.46. The van der Waals surface area contributed by atoms with E-state index in [9.17, 15) is 19.2 Å². The highest BCUT2D eigenvalue weighted by Crippen LogP contribution is 2.48. The summed E-state index contributed by atoms with van der Waals surface area (Å²) >= 11 is 0. The van der Waals surface area contributed by atoms with Gasteiger partial charge in [-0.2, -0.15) is 27.0 Å². The highest BCUT2D eigenvalue weighted by atomic mass is 32.1. The molecule has 1 heterocycles. The van der Waals surface area contributed by atoms with Gasteiger partial charge < -0.3 is 25.0 Å². The number of rotatable bonds is 10. The van der Waals surface area contributed by atoms with E-state index in [2.05, 4.69) is 10.6 Å². The van der Waals surface area contributed by atoms with Crippen LogP contribution in [0.2, 0.25) is 0 Å². The molecule has 1 aliphatic carbocycles. The van der Waals surface area contributed by atoms with Crippen LogP contribution in [0.5, 0.6) is 5.75 Å². The monoisotopic (exact) mass is 783 g/mol. The Morgan fingerprint density at radius 1 is 0.800 bits per heavy atom. The average molecular weight is 784 g/mol. The van der Waals surface area contributed by atoms with E-state index in [4.69, 9.17) is 9.47 Å². The van der Waals surface area contributed by atoms with Gasteiger partial charge in [0, 0.05) is 25.6 Å². The van der Waals surface area contributed by atoms with Crippen molar-refractivity contribution in [1.29, 1.82) is 0 Å². The van der Waals surface area contributed by atoms with Gasteiger partial charge in [0.1, 0.15) is 17.4 Å². The van der Waals surface area contributed by atoms with Crippen LogP contribution in [0.3, 0.4) is 0 Å². The number of carbonyl (C=O) groups excluding carboxylic acids is 4. The highest BCUT2D eigenvalue weighted by molar-refractivity contribution is 7.59. The van der Waals surface area contributed by atoms with Crippen LogP contribution in [0.1, 0.15) is 85.0 Å². The van der Waals surface area contributed by atoms with Crippen molar-refractivity contribution in [2.75, 3.05) is 20.2 Å². The second-order valence-corrected chi connectivity index (χ2v) is 15.0. The van der Waals surface area contributed by atoms with Crippen LogP contribution in [0.15, 0.2) is 109 Å². The molecule has 6 rings (SSSR count). The number of piperidine rings is 1. The number of para-hydroxylation sites is 1. The molecule has 2 N–H and O–H groups in total. The smallest absolute Gasteiger partial charge is 0.329 e. The molecule has 11 heteroatoms. The molecular weight excluding hydrogens is 731 g/mol. The lowest BCUT2D eigenvalue weighted by Crippen LogP contribution is -2.55. The number of nitrogens with one attached hydrogen (secondary N) is 2. The topological polar surface area (TPSA) is 114 Å². The first-order valence-corrected chi connectivity index (χ1v) is 18.5.